The topological polar surface area (TPSA) is 54.0 Å². The van der Waals surface area contributed by atoms with Crippen LogP contribution in [-0.4, -0.2) is 24.0 Å². The summed E-state index contributed by atoms with van der Waals surface area (Å²) in [5.41, 5.74) is 1.23. The van der Waals surface area contributed by atoms with Crippen molar-refractivity contribution in [2.24, 2.45) is 11.8 Å². The number of carbonyl (C=O) groups excluding carboxylic acids is 1. The number of hydrogen-bond acceptors (Lipinski definition) is 4. The van der Waals surface area contributed by atoms with Gasteiger partial charge in [0.1, 0.15) is 5.01 Å². The normalized spacial score (nSPS) is 23.8. The standard InChI is InChI=1S/C16H25N3OS/c1-11(13-3-2-6-17-8-13)7-15(20)18-9-16-19-14(10-21-16)12-4-5-12/h10-13,17H,2-9H2,1H3,(H,18,20). The molecule has 2 N–H and O–H groups in total. The third kappa shape index (κ3) is 4.27. The van der Waals surface area contributed by atoms with E-state index >= 15 is 0 Å². The minimum Gasteiger partial charge on any atom is -0.350 e. The Morgan fingerprint density at radius 3 is 3.10 bits per heavy atom. The van der Waals surface area contributed by atoms with Crippen molar-refractivity contribution in [3.8, 4) is 0 Å². The predicted octanol–water partition coefficient (Wildman–Crippen LogP) is 2.66. The molecule has 21 heavy (non-hydrogen) atoms. The second kappa shape index (κ2) is 6.88. The summed E-state index contributed by atoms with van der Waals surface area (Å²) < 4.78 is 0. The van der Waals surface area contributed by atoms with Crippen molar-refractivity contribution in [3.63, 3.8) is 0 Å². The molecule has 1 aliphatic heterocycles. The molecule has 2 aliphatic rings. The zero-order valence-electron chi connectivity index (χ0n) is 12.7. The van der Waals surface area contributed by atoms with Crippen LogP contribution in [0.15, 0.2) is 5.38 Å². The van der Waals surface area contributed by atoms with Gasteiger partial charge in [-0.25, -0.2) is 4.98 Å². The van der Waals surface area contributed by atoms with Crippen LogP contribution in [0.4, 0.5) is 0 Å². The molecule has 2 fully saturated rings. The van der Waals surface area contributed by atoms with Crippen LogP contribution < -0.4 is 10.6 Å². The maximum Gasteiger partial charge on any atom is 0.220 e. The quantitative estimate of drug-likeness (QED) is 0.849. The van der Waals surface area contributed by atoms with Crippen LogP contribution in [0.5, 0.6) is 0 Å². The number of piperidine rings is 1. The van der Waals surface area contributed by atoms with Gasteiger partial charge in [0.05, 0.1) is 12.2 Å². The van der Waals surface area contributed by atoms with Gasteiger partial charge in [-0.3, -0.25) is 4.79 Å². The second-order valence-corrected chi connectivity index (χ2v) is 7.45. The minimum atomic E-state index is 0.163. The number of rotatable bonds is 6. The third-order valence-electron chi connectivity index (χ3n) is 4.65. The first kappa shape index (κ1) is 15.0. The van der Waals surface area contributed by atoms with Crippen LogP contribution in [0.25, 0.3) is 0 Å². The van der Waals surface area contributed by atoms with E-state index in [9.17, 15) is 4.79 Å². The molecule has 5 heteroatoms. The van der Waals surface area contributed by atoms with Crippen molar-refractivity contribution >= 4 is 17.2 Å². The van der Waals surface area contributed by atoms with Crippen molar-refractivity contribution in [3.05, 3.63) is 16.1 Å². The van der Waals surface area contributed by atoms with E-state index in [2.05, 4.69) is 27.9 Å². The Morgan fingerprint density at radius 1 is 1.52 bits per heavy atom. The summed E-state index contributed by atoms with van der Waals surface area (Å²) in [6, 6.07) is 0. The van der Waals surface area contributed by atoms with Gasteiger partial charge in [-0.15, -0.1) is 11.3 Å². The van der Waals surface area contributed by atoms with Gasteiger partial charge in [-0.2, -0.15) is 0 Å². The number of nitrogens with one attached hydrogen (secondary N) is 2. The fourth-order valence-electron chi connectivity index (χ4n) is 3.04. The van der Waals surface area contributed by atoms with Gasteiger partial charge in [0.2, 0.25) is 5.91 Å². The van der Waals surface area contributed by atoms with Gasteiger partial charge >= 0.3 is 0 Å². The van der Waals surface area contributed by atoms with Gasteiger partial charge in [0.25, 0.3) is 0 Å². The molecule has 1 amide bonds. The summed E-state index contributed by atoms with van der Waals surface area (Å²) in [6.07, 6.45) is 5.68. The molecule has 0 bridgehead atoms. The van der Waals surface area contributed by atoms with E-state index in [0.717, 1.165) is 18.1 Å². The molecule has 1 saturated carbocycles. The smallest absolute Gasteiger partial charge is 0.220 e. The molecule has 2 unspecified atom stereocenters. The fourth-order valence-corrected chi connectivity index (χ4v) is 3.86. The molecular formula is C16H25N3OS. The number of hydrogen-bond donors (Lipinski definition) is 2. The van der Waals surface area contributed by atoms with Gasteiger partial charge in [0.15, 0.2) is 0 Å². The Morgan fingerprint density at radius 2 is 2.38 bits per heavy atom. The summed E-state index contributed by atoms with van der Waals surface area (Å²) in [4.78, 5) is 16.7. The lowest BCUT2D eigenvalue weighted by Gasteiger charge is -2.27. The average molecular weight is 307 g/mol. The Hall–Kier alpha value is -0.940. The fraction of sp³-hybridized carbons (Fsp3) is 0.750. The molecule has 116 valence electrons. The van der Waals surface area contributed by atoms with Gasteiger partial charge in [-0.05, 0) is 50.6 Å². The molecule has 4 nitrogen and oxygen atoms in total. The van der Waals surface area contributed by atoms with E-state index in [4.69, 9.17) is 0 Å². The monoisotopic (exact) mass is 307 g/mol. The molecule has 0 radical (unpaired) electrons. The van der Waals surface area contributed by atoms with Crippen LogP contribution in [0.1, 0.15) is 55.6 Å². The highest BCUT2D eigenvalue weighted by molar-refractivity contribution is 7.09. The molecular weight excluding hydrogens is 282 g/mol. The Bertz CT molecular complexity index is 478. The number of thiazole rings is 1. The lowest BCUT2D eigenvalue weighted by Crippen LogP contribution is -2.35. The van der Waals surface area contributed by atoms with E-state index in [1.807, 2.05) is 0 Å². The first-order valence-electron chi connectivity index (χ1n) is 8.14. The van der Waals surface area contributed by atoms with Crippen molar-refractivity contribution < 1.29 is 4.79 Å². The van der Waals surface area contributed by atoms with Gasteiger partial charge in [0, 0.05) is 17.7 Å². The molecule has 1 aliphatic carbocycles. The summed E-state index contributed by atoms with van der Waals surface area (Å²) in [7, 11) is 0. The molecule has 1 aromatic rings. The highest BCUT2D eigenvalue weighted by Gasteiger charge is 2.26. The number of carbonyl (C=O) groups is 1. The van der Waals surface area contributed by atoms with Crippen LogP contribution in [0.2, 0.25) is 0 Å². The molecule has 2 heterocycles. The Labute approximate surface area is 130 Å². The third-order valence-corrected chi connectivity index (χ3v) is 5.52. The average Bonchev–Trinajstić information content (AvgIpc) is 3.25. The van der Waals surface area contributed by atoms with Crippen molar-refractivity contribution in [2.45, 2.75) is 51.5 Å². The maximum absolute atomic E-state index is 12.1. The second-order valence-electron chi connectivity index (χ2n) is 6.50. The summed E-state index contributed by atoms with van der Waals surface area (Å²) in [6.45, 7) is 4.98. The zero-order valence-corrected chi connectivity index (χ0v) is 13.5. The minimum absolute atomic E-state index is 0.163. The predicted molar refractivity (Wildman–Crippen MR) is 85.3 cm³/mol. The lowest BCUT2D eigenvalue weighted by molar-refractivity contribution is -0.122. The zero-order chi connectivity index (χ0) is 14.7. The first-order chi connectivity index (χ1) is 10.2. The number of aromatic nitrogens is 1. The SMILES string of the molecule is CC(CC(=O)NCc1nc(C2CC2)cs1)C1CCCNC1. The summed E-state index contributed by atoms with van der Waals surface area (Å²) >= 11 is 1.67. The maximum atomic E-state index is 12.1. The van der Waals surface area contributed by atoms with E-state index in [-0.39, 0.29) is 5.91 Å². The molecule has 1 saturated heterocycles. The van der Waals surface area contributed by atoms with Gasteiger partial charge < -0.3 is 10.6 Å². The number of nitrogens with zero attached hydrogens (tertiary/aromatic N) is 1. The van der Waals surface area contributed by atoms with Crippen LogP contribution in [0.3, 0.4) is 0 Å². The Kier molecular flexibility index (Phi) is 4.91. The molecule has 0 aromatic carbocycles. The highest BCUT2D eigenvalue weighted by Crippen LogP contribution is 2.40. The molecule has 3 rings (SSSR count). The van der Waals surface area contributed by atoms with Crippen molar-refractivity contribution in [2.75, 3.05) is 13.1 Å². The van der Waals surface area contributed by atoms with E-state index in [1.54, 1.807) is 11.3 Å². The largest absolute Gasteiger partial charge is 0.350 e. The highest BCUT2D eigenvalue weighted by atomic mass is 32.1. The molecule has 0 spiro atoms. The molecule has 2 atom stereocenters. The first-order valence-corrected chi connectivity index (χ1v) is 9.02. The lowest BCUT2D eigenvalue weighted by atomic mass is 9.85. The summed E-state index contributed by atoms with van der Waals surface area (Å²) in [5.74, 6) is 1.96. The molecule has 1 aromatic heterocycles. The summed E-state index contributed by atoms with van der Waals surface area (Å²) in [5, 5.41) is 9.64. The Balaban J connectivity index is 1.40. The van der Waals surface area contributed by atoms with E-state index in [1.165, 1.54) is 31.4 Å². The van der Waals surface area contributed by atoms with Crippen LogP contribution in [-0.2, 0) is 11.3 Å². The van der Waals surface area contributed by atoms with Crippen LogP contribution in [0, 0.1) is 11.8 Å². The van der Waals surface area contributed by atoms with Crippen molar-refractivity contribution in [1.29, 1.82) is 0 Å². The van der Waals surface area contributed by atoms with Gasteiger partial charge in [-0.1, -0.05) is 6.92 Å². The van der Waals surface area contributed by atoms with Crippen molar-refractivity contribution in [1.82, 2.24) is 15.6 Å². The van der Waals surface area contributed by atoms with E-state index < -0.39 is 0 Å². The van der Waals surface area contributed by atoms with E-state index in [0.29, 0.717) is 30.7 Å². The number of amides is 1. The van der Waals surface area contributed by atoms with Crippen LogP contribution >= 0.6 is 11.3 Å².